The Morgan fingerprint density at radius 1 is 1.38 bits per heavy atom. The molecular formula is C15H18FN3O2. The van der Waals surface area contributed by atoms with Crippen LogP contribution in [-0.4, -0.2) is 17.6 Å². The minimum atomic E-state index is -0.533. The number of halogens is 1. The second-order valence-corrected chi connectivity index (χ2v) is 4.96. The number of amides is 1. The van der Waals surface area contributed by atoms with Crippen LogP contribution in [0.3, 0.4) is 0 Å². The molecule has 1 heterocycles. The SMILES string of the molecule is COc1ccc(NC(=O)c2cc(N)cn2C(C)C)cc1F. The molecule has 0 saturated carbocycles. The maximum atomic E-state index is 13.6. The molecular weight excluding hydrogens is 273 g/mol. The first-order chi connectivity index (χ1) is 9.92. The summed E-state index contributed by atoms with van der Waals surface area (Å²) in [6, 6.07) is 5.93. The number of anilines is 2. The van der Waals surface area contributed by atoms with Crippen molar-refractivity contribution >= 4 is 17.3 Å². The molecule has 0 bridgehead atoms. The molecule has 2 aromatic rings. The van der Waals surface area contributed by atoms with E-state index in [-0.39, 0.29) is 17.7 Å². The molecule has 0 saturated heterocycles. The van der Waals surface area contributed by atoms with Gasteiger partial charge in [0, 0.05) is 24.0 Å². The molecule has 5 nitrogen and oxygen atoms in total. The lowest BCUT2D eigenvalue weighted by atomic mass is 10.2. The summed E-state index contributed by atoms with van der Waals surface area (Å²) in [5.74, 6) is -0.748. The highest BCUT2D eigenvalue weighted by atomic mass is 19.1. The lowest BCUT2D eigenvalue weighted by molar-refractivity contribution is 0.101. The van der Waals surface area contributed by atoms with Crippen LogP contribution < -0.4 is 15.8 Å². The molecule has 1 amide bonds. The summed E-state index contributed by atoms with van der Waals surface area (Å²) in [6.45, 7) is 3.90. The van der Waals surface area contributed by atoms with Crippen LogP contribution in [0.25, 0.3) is 0 Å². The van der Waals surface area contributed by atoms with E-state index in [1.54, 1.807) is 22.9 Å². The van der Waals surface area contributed by atoms with Crippen molar-refractivity contribution in [1.82, 2.24) is 4.57 Å². The van der Waals surface area contributed by atoms with Crippen molar-refractivity contribution in [2.75, 3.05) is 18.2 Å². The number of aromatic nitrogens is 1. The number of nitrogen functional groups attached to an aromatic ring is 1. The van der Waals surface area contributed by atoms with E-state index in [4.69, 9.17) is 10.5 Å². The zero-order valence-corrected chi connectivity index (χ0v) is 12.2. The smallest absolute Gasteiger partial charge is 0.272 e. The standard InChI is InChI=1S/C15H18FN3O2/c1-9(2)19-8-10(17)6-13(19)15(20)18-11-4-5-14(21-3)12(16)7-11/h4-9H,17H2,1-3H3,(H,18,20). The first-order valence-corrected chi connectivity index (χ1v) is 6.54. The quantitative estimate of drug-likeness (QED) is 0.909. The largest absolute Gasteiger partial charge is 0.494 e. The van der Waals surface area contributed by atoms with Crippen LogP contribution in [0.15, 0.2) is 30.5 Å². The number of methoxy groups -OCH3 is 1. The number of nitrogens with one attached hydrogen (secondary N) is 1. The van der Waals surface area contributed by atoms with Gasteiger partial charge in [0.05, 0.1) is 12.8 Å². The molecule has 0 aliphatic carbocycles. The van der Waals surface area contributed by atoms with Gasteiger partial charge < -0.3 is 20.4 Å². The molecule has 6 heteroatoms. The van der Waals surface area contributed by atoms with Crippen LogP contribution in [0.1, 0.15) is 30.4 Å². The fourth-order valence-corrected chi connectivity index (χ4v) is 2.05. The van der Waals surface area contributed by atoms with E-state index in [9.17, 15) is 9.18 Å². The zero-order chi connectivity index (χ0) is 15.6. The predicted octanol–water partition coefficient (Wildman–Crippen LogP) is 3.05. The van der Waals surface area contributed by atoms with Gasteiger partial charge in [0.25, 0.3) is 5.91 Å². The van der Waals surface area contributed by atoms with Crippen molar-refractivity contribution in [3.05, 3.63) is 42.0 Å². The second-order valence-electron chi connectivity index (χ2n) is 4.96. The zero-order valence-electron chi connectivity index (χ0n) is 12.2. The monoisotopic (exact) mass is 291 g/mol. The number of benzene rings is 1. The molecule has 1 aromatic carbocycles. The number of hydrogen-bond donors (Lipinski definition) is 2. The number of hydrogen-bond acceptors (Lipinski definition) is 3. The van der Waals surface area contributed by atoms with Crippen LogP contribution in [0.5, 0.6) is 5.75 Å². The molecule has 3 N–H and O–H groups in total. The molecule has 0 atom stereocenters. The predicted molar refractivity (Wildman–Crippen MR) is 80.1 cm³/mol. The summed E-state index contributed by atoms with van der Waals surface area (Å²) < 4.78 is 20.2. The summed E-state index contributed by atoms with van der Waals surface area (Å²) in [6.07, 6.45) is 1.70. The first-order valence-electron chi connectivity index (χ1n) is 6.54. The average molecular weight is 291 g/mol. The summed E-state index contributed by atoms with van der Waals surface area (Å²) in [5.41, 5.74) is 7.03. The van der Waals surface area contributed by atoms with E-state index >= 15 is 0 Å². The van der Waals surface area contributed by atoms with Gasteiger partial charge in [-0.1, -0.05) is 0 Å². The van der Waals surface area contributed by atoms with Gasteiger partial charge in [-0.15, -0.1) is 0 Å². The Morgan fingerprint density at radius 2 is 2.10 bits per heavy atom. The number of rotatable bonds is 4. The summed E-state index contributed by atoms with van der Waals surface area (Å²) in [4.78, 5) is 12.3. The maximum Gasteiger partial charge on any atom is 0.272 e. The molecule has 0 spiro atoms. The Bertz CT molecular complexity index is 665. The van der Waals surface area contributed by atoms with Gasteiger partial charge in [-0.25, -0.2) is 4.39 Å². The summed E-state index contributed by atoms with van der Waals surface area (Å²) in [7, 11) is 1.38. The Kier molecular flexibility index (Phi) is 4.16. The van der Waals surface area contributed by atoms with Gasteiger partial charge in [0.1, 0.15) is 5.69 Å². The minimum absolute atomic E-state index is 0.0932. The van der Waals surface area contributed by atoms with E-state index in [2.05, 4.69) is 5.32 Å². The van der Waals surface area contributed by atoms with Crippen LogP contribution in [0.4, 0.5) is 15.8 Å². The molecule has 1 aromatic heterocycles. The number of ether oxygens (including phenoxy) is 1. The fourth-order valence-electron chi connectivity index (χ4n) is 2.05. The van der Waals surface area contributed by atoms with E-state index < -0.39 is 5.82 Å². The molecule has 21 heavy (non-hydrogen) atoms. The van der Waals surface area contributed by atoms with Crippen LogP contribution in [0, 0.1) is 5.82 Å². The first kappa shape index (κ1) is 14.9. The van der Waals surface area contributed by atoms with Crippen molar-refractivity contribution in [3.63, 3.8) is 0 Å². The third kappa shape index (κ3) is 3.16. The summed E-state index contributed by atoms with van der Waals surface area (Å²) in [5, 5.41) is 2.65. The fraction of sp³-hybridized carbons (Fsp3) is 0.267. The van der Waals surface area contributed by atoms with Crippen LogP contribution in [-0.2, 0) is 0 Å². The van der Waals surface area contributed by atoms with Gasteiger partial charge >= 0.3 is 0 Å². The van der Waals surface area contributed by atoms with Gasteiger partial charge in [0.15, 0.2) is 11.6 Å². The maximum absolute atomic E-state index is 13.6. The Hall–Kier alpha value is -2.50. The van der Waals surface area contributed by atoms with E-state index in [1.165, 1.54) is 19.2 Å². The van der Waals surface area contributed by atoms with Crippen molar-refractivity contribution in [2.45, 2.75) is 19.9 Å². The van der Waals surface area contributed by atoms with Crippen molar-refractivity contribution in [1.29, 1.82) is 0 Å². The molecule has 0 aliphatic rings. The molecule has 0 aliphatic heterocycles. The highest BCUT2D eigenvalue weighted by Crippen LogP contribution is 2.22. The van der Waals surface area contributed by atoms with Crippen molar-refractivity contribution in [3.8, 4) is 5.75 Å². The highest BCUT2D eigenvalue weighted by molar-refractivity contribution is 6.03. The topological polar surface area (TPSA) is 69.3 Å². The van der Waals surface area contributed by atoms with Gasteiger partial charge in [-0.2, -0.15) is 0 Å². The third-order valence-corrected chi connectivity index (χ3v) is 3.07. The van der Waals surface area contributed by atoms with E-state index in [0.29, 0.717) is 17.1 Å². The molecule has 112 valence electrons. The molecule has 0 unspecified atom stereocenters. The Labute approximate surface area is 122 Å². The third-order valence-electron chi connectivity index (χ3n) is 3.07. The van der Waals surface area contributed by atoms with Crippen LogP contribution >= 0.6 is 0 Å². The lowest BCUT2D eigenvalue weighted by Crippen LogP contribution is -2.17. The Balaban J connectivity index is 2.24. The molecule has 0 fully saturated rings. The minimum Gasteiger partial charge on any atom is -0.494 e. The van der Waals surface area contributed by atoms with Gasteiger partial charge in [-0.3, -0.25) is 4.79 Å². The van der Waals surface area contributed by atoms with Crippen molar-refractivity contribution < 1.29 is 13.9 Å². The number of nitrogens with zero attached hydrogens (tertiary/aromatic N) is 1. The normalized spacial score (nSPS) is 10.7. The van der Waals surface area contributed by atoms with E-state index in [0.717, 1.165) is 0 Å². The Morgan fingerprint density at radius 3 is 2.67 bits per heavy atom. The van der Waals surface area contributed by atoms with Gasteiger partial charge in [0.2, 0.25) is 0 Å². The van der Waals surface area contributed by atoms with Crippen molar-refractivity contribution in [2.24, 2.45) is 0 Å². The lowest BCUT2D eigenvalue weighted by Gasteiger charge is -2.13. The number of nitrogens with two attached hydrogens (primary N) is 1. The molecule has 0 radical (unpaired) electrons. The highest BCUT2D eigenvalue weighted by Gasteiger charge is 2.15. The van der Waals surface area contributed by atoms with Crippen LogP contribution in [0.2, 0.25) is 0 Å². The number of carbonyl (C=O) groups excluding carboxylic acids is 1. The van der Waals surface area contributed by atoms with Gasteiger partial charge in [-0.05, 0) is 32.0 Å². The molecule has 2 rings (SSSR count). The summed E-state index contributed by atoms with van der Waals surface area (Å²) >= 11 is 0. The second kappa shape index (κ2) is 5.87. The number of carbonyl (C=O) groups is 1. The average Bonchev–Trinajstić information content (AvgIpc) is 2.81. The van der Waals surface area contributed by atoms with E-state index in [1.807, 2.05) is 13.8 Å².